The summed E-state index contributed by atoms with van der Waals surface area (Å²) in [6.45, 7) is 7.06. The molecule has 1 fully saturated rings. The molecule has 0 saturated carbocycles. The van der Waals surface area contributed by atoms with Crippen molar-refractivity contribution < 1.29 is 23.4 Å². The lowest BCUT2D eigenvalue weighted by atomic mass is 10.0. The third kappa shape index (κ3) is 5.70. The van der Waals surface area contributed by atoms with Crippen molar-refractivity contribution in [2.24, 2.45) is 0 Å². The third-order valence-electron chi connectivity index (χ3n) is 4.99. The Morgan fingerprint density at radius 3 is 2.47 bits per heavy atom. The van der Waals surface area contributed by atoms with Gasteiger partial charge in [0.05, 0.1) is 32.5 Å². The van der Waals surface area contributed by atoms with E-state index in [1.54, 1.807) is 37.4 Å². The van der Waals surface area contributed by atoms with Crippen molar-refractivity contribution in [3.63, 3.8) is 0 Å². The van der Waals surface area contributed by atoms with E-state index in [1.807, 2.05) is 13.8 Å². The van der Waals surface area contributed by atoms with Crippen molar-refractivity contribution in [3.05, 3.63) is 59.4 Å². The second kappa shape index (κ2) is 10.4. The van der Waals surface area contributed by atoms with Crippen LogP contribution in [-0.4, -0.2) is 56.9 Å². The molecule has 0 aromatic heterocycles. The average Bonchev–Trinajstić information content (AvgIpc) is 2.75. The molecule has 1 N–H and O–H groups in total. The molecule has 1 unspecified atom stereocenters. The number of ether oxygens (including phenoxy) is 3. The van der Waals surface area contributed by atoms with Crippen molar-refractivity contribution in [2.75, 3.05) is 40.0 Å². The van der Waals surface area contributed by atoms with Crippen LogP contribution < -0.4 is 14.8 Å². The van der Waals surface area contributed by atoms with Crippen LogP contribution in [0.4, 0.5) is 4.39 Å². The summed E-state index contributed by atoms with van der Waals surface area (Å²) >= 11 is 0. The second-order valence-electron chi connectivity index (χ2n) is 7.46. The van der Waals surface area contributed by atoms with Gasteiger partial charge in [-0.25, -0.2) is 4.39 Å². The van der Waals surface area contributed by atoms with Gasteiger partial charge in [-0.1, -0.05) is 12.1 Å². The van der Waals surface area contributed by atoms with E-state index in [-0.39, 0.29) is 23.9 Å². The summed E-state index contributed by atoms with van der Waals surface area (Å²) in [5.74, 6) is 0.630. The molecule has 0 spiro atoms. The molecule has 6 nitrogen and oxygen atoms in total. The zero-order valence-electron chi connectivity index (χ0n) is 17.7. The topological polar surface area (TPSA) is 60.0 Å². The zero-order valence-corrected chi connectivity index (χ0v) is 17.7. The van der Waals surface area contributed by atoms with Gasteiger partial charge in [0.25, 0.3) is 5.91 Å². The molecule has 3 rings (SSSR count). The first kappa shape index (κ1) is 22.1. The van der Waals surface area contributed by atoms with Crippen molar-refractivity contribution in [1.82, 2.24) is 10.2 Å². The number of morpholine rings is 1. The maximum Gasteiger partial charge on any atom is 0.251 e. The van der Waals surface area contributed by atoms with E-state index in [9.17, 15) is 9.18 Å². The second-order valence-corrected chi connectivity index (χ2v) is 7.46. The molecule has 1 atom stereocenters. The lowest BCUT2D eigenvalue weighted by molar-refractivity contribution is 0.0162. The van der Waals surface area contributed by atoms with Crippen LogP contribution >= 0.6 is 0 Å². The first-order valence-corrected chi connectivity index (χ1v) is 10.2. The van der Waals surface area contributed by atoms with Gasteiger partial charge in [0.1, 0.15) is 5.82 Å². The molecule has 2 aromatic carbocycles. The molecule has 7 heteroatoms. The molecule has 1 heterocycles. The van der Waals surface area contributed by atoms with Crippen LogP contribution in [0.2, 0.25) is 0 Å². The largest absolute Gasteiger partial charge is 0.493 e. The Morgan fingerprint density at radius 2 is 1.83 bits per heavy atom. The van der Waals surface area contributed by atoms with Gasteiger partial charge in [-0.05, 0) is 49.7 Å². The Morgan fingerprint density at radius 1 is 1.13 bits per heavy atom. The number of carbonyl (C=O) groups excluding carboxylic acids is 1. The maximum atomic E-state index is 13.4. The highest BCUT2D eigenvalue weighted by atomic mass is 19.1. The first-order chi connectivity index (χ1) is 14.5. The Balaban J connectivity index is 1.72. The summed E-state index contributed by atoms with van der Waals surface area (Å²) in [6.07, 6.45) is 0.00330. The van der Waals surface area contributed by atoms with Crippen LogP contribution in [0.5, 0.6) is 11.5 Å². The van der Waals surface area contributed by atoms with E-state index in [0.29, 0.717) is 36.8 Å². The standard InChI is InChI=1S/C23H29FN2O4/c1-16(2)30-21-9-6-18(14-22(21)28-3)23(27)25-15-20(26-10-12-29-13-11-26)17-4-7-19(24)8-5-17/h4-9,14,16,20H,10-13,15H2,1-3H3,(H,25,27). The minimum Gasteiger partial charge on any atom is -0.493 e. The highest BCUT2D eigenvalue weighted by Gasteiger charge is 2.24. The van der Waals surface area contributed by atoms with Gasteiger partial charge in [-0.15, -0.1) is 0 Å². The predicted octanol–water partition coefficient (Wildman–Crippen LogP) is 3.42. The number of hydrogen-bond donors (Lipinski definition) is 1. The minimum absolute atomic E-state index is 0.00330. The molecule has 0 bridgehead atoms. The van der Waals surface area contributed by atoms with Crippen LogP contribution in [0.1, 0.15) is 35.8 Å². The molecule has 1 amide bonds. The number of benzene rings is 2. The van der Waals surface area contributed by atoms with E-state index in [2.05, 4.69) is 10.2 Å². The summed E-state index contributed by atoms with van der Waals surface area (Å²) in [6, 6.07) is 11.5. The normalized spacial score (nSPS) is 15.6. The van der Waals surface area contributed by atoms with Crippen molar-refractivity contribution in [2.45, 2.75) is 26.0 Å². The van der Waals surface area contributed by atoms with Crippen LogP contribution in [-0.2, 0) is 4.74 Å². The summed E-state index contributed by atoms with van der Waals surface area (Å²) < 4.78 is 29.9. The average molecular weight is 416 g/mol. The van der Waals surface area contributed by atoms with Gasteiger partial charge < -0.3 is 19.5 Å². The van der Waals surface area contributed by atoms with E-state index in [4.69, 9.17) is 14.2 Å². The highest BCUT2D eigenvalue weighted by molar-refractivity contribution is 5.94. The molecule has 1 aliphatic rings. The van der Waals surface area contributed by atoms with Gasteiger partial charge in [-0.3, -0.25) is 9.69 Å². The van der Waals surface area contributed by atoms with Crippen molar-refractivity contribution >= 4 is 5.91 Å². The number of nitrogens with one attached hydrogen (secondary N) is 1. The summed E-state index contributed by atoms with van der Waals surface area (Å²) in [5, 5.41) is 3.01. The Bertz CT molecular complexity index is 836. The zero-order chi connectivity index (χ0) is 21.5. The molecule has 1 saturated heterocycles. The lowest BCUT2D eigenvalue weighted by Crippen LogP contribution is -2.43. The predicted molar refractivity (Wildman–Crippen MR) is 113 cm³/mol. The molecule has 0 aliphatic carbocycles. The number of halogens is 1. The van der Waals surface area contributed by atoms with Gasteiger partial charge in [0, 0.05) is 25.2 Å². The van der Waals surface area contributed by atoms with Crippen LogP contribution in [0.3, 0.4) is 0 Å². The highest BCUT2D eigenvalue weighted by Crippen LogP contribution is 2.29. The van der Waals surface area contributed by atoms with Gasteiger partial charge in [-0.2, -0.15) is 0 Å². The van der Waals surface area contributed by atoms with Gasteiger partial charge >= 0.3 is 0 Å². The fraction of sp³-hybridized carbons (Fsp3) is 0.435. The molecule has 30 heavy (non-hydrogen) atoms. The Kier molecular flexibility index (Phi) is 7.65. The maximum absolute atomic E-state index is 13.4. The number of rotatable bonds is 8. The molecule has 1 aliphatic heterocycles. The number of hydrogen-bond acceptors (Lipinski definition) is 5. The van der Waals surface area contributed by atoms with Crippen LogP contribution in [0, 0.1) is 5.82 Å². The van der Waals surface area contributed by atoms with Crippen molar-refractivity contribution in [3.8, 4) is 11.5 Å². The van der Waals surface area contributed by atoms with Crippen LogP contribution in [0.25, 0.3) is 0 Å². The first-order valence-electron chi connectivity index (χ1n) is 10.2. The molecule has 0 radical (unpaired) electrons. The lowest BCUT2D eigenvalue weighted by Gasteiger charge is -2.35. The molecular weight excluding hydrogens is 387 g/mol. The summed E-state index contributed by atoms with van der Waals surface area (Å²) in [4.78, 5) is 15.1. The number of methoxy groups -OCH3 is 1. The fourth-order valence-corrected chi connectivity index (χ4v) is 3.48. The summed E-state index contributed by atoms with van der Waals surface area (Å²) in [5.41, 5.74) is 1.44. The molecule has 2 aromatic rings. The SMILES string of the molecule is COc1cc(C(=O)NCC(c2ccc(F)cc2)N2CCOCC2)ccc1OC(C)C. The van der Waals surface area contributed by atoms with E-state index in [0.717, 1.165) is 18.7 Å². The number of amides is 1. The van der Waals surface area contributed by atoms with E-state index < -0.39 is 0 Å². The molecule has 162 valence electrons. The Labute approximate surface area is 176 Å². The van der Waals surface area contributed by atoms with Gasteiger partial charge in [0.15, 0.2) is 11.5 Å². The Hall–Kier alpha value is -2.64. The smallest absolute Gasteiger partial charge is 0.251 e. The third-order valence-corrected chi connectivity index (χ3v) is 4.99. The number of carbonyl (C=O) groups is 1. The van der Waals surface area contributed by atoms with Gasteiger partial charge in [0.2, 0.25) is 0 Å². The number of nitrogens with zero attached hydrogens (tertiary/aromatic N) is 1. The minimum atomic E-state index is -0.278. The van der Waals surface area contributed by atoms with Crippen molar-refractivity contribution in [1.29, 1.82) is 0 Å². The fourth-order valence-electron chi connectivity index (χ4n) is 3.48. The van der Waals surface area contributed by atoms with E-state index >= 15 is 0 Å². The summed E-state index contributed by atoms with van der Waals surface area (Å²) in [7, 11) is 1.55. The monoisotopic (exact) mass is 416 g/mol. The molecular formula is C23H29FN2O4. The quantitative estimate of drug-likeness (QED) is 0.715. The van der Waals surface area contributed by atoms with Crippen LogP contribution in [0.15, 0.2) is 42.5 Å². The van der Waals surface area contributed by atoms with E-state index in [1.165, 1.54) is 12.1 Å².